The van der Waals surface area contributed by atoms with Crippen molar-refractivity contribution in [3.05, 3.63) is 48.0 Å². The highest BCUT2D eigenvalue weighted by atomic mass is 16.6. The Morgan fingerprint density at radius 2 is 1.83 bits per heavy atom. The molecule has 0 bridgehead atoms. The SMILES string of the molecule is CCCCC/C=C/C[C@@](C#N)(C(=O)OC(C)(C)C)c1ccccc1. The van der Waals surface area contributed by atoms with Crippen LogP contribution in [0.25, 0.3) is 0 Å². The number of esters is 1. The van der Waals surface area contributed by atoms with Gasteiger partial charge in [0, 0.05) is 0 Å². The molecule has 0 unspecified atom stereocenters. The van der Waals surface area contributed by atoms with Crippen molar-refractivity contribution in [2.45, 2.75) is 70.8 Å². The van der Waals surface area contributed by atoms with E-state index in [1.54, 1.807) is 0 Å². The van der Waals surface area contributed by atoms with Crippen molar-refractivity contribution in [2.75, 3.05) is 0 Å². The van der Waals surface area contributed by atoms with Gasteiger partial charge in [-0.1, -0.05) is 62.2 Å². The quantitative estimate of drug-likeness (QED) is 0.369. The molecule has 0 aliphatic heterocycles. The van der Waals surface area contributed by atoms with Crippen LogP contribution in [0, 0.1) is 11.3 Å². The van der Waals surface area contributed by atoms with E-state index in [0.29, 0.717) is 12.0 Å². The Bertz CT molecular complexity index is 578. The molecule has 0 heterocycles. The summed E-state index contributed by atoms with van der Waals surface area (Å²) in [7, 11) is 0. The third-order valence-electron chi connectivity index (χ3n) is 3.77. The topological polar surface area (TPSA) is 50.1 Å². The molecule has 1 aromatic rings. The van der Waals surface area contributed by atoms with Crippen LogP contribution in [0.5, 0.6) is 0 Å². The fourth-order valence-electron chi connectivity index (χ4n) is 2.45. The van der Waals surface area contributed by atoms with E-state index in [1.165, 1.54) is 12.8 Å². The predicted octanol–water partition coefficient (Wildman–Crippen LogP) is 5.32. The summed E-state index contributed by atoms with van der Waals surface area (Å²) in [6, 6.07) is 11.4. The van der Waals surface area contributed by atoms with E-state index in [4.69, 9.17) is 4.74 Å². The van der Waals surface area contributed by atoms with Crippen LogP contribution in [0.1, 0.15) is 65.4 Å². The molecule has 1 aromatic carbocycles. The van der Waals surface area contributed by atoms with Crippen molar-refractivity contribution in [3.8, 4) is 6.07 Å². The molecule has 0 radical (unpaired) electrons. The lowest BCUT2D eigenvalue weighted by atomic mass is 9.78. The molecule has 0 aromatic heterocycles. The summed E-state index contributed by atoms with van der Waals surface area (Å²) >= 11 is 0. The summed E-state index contributed by atoms with van der Waals surface area (Å²) in [6.07, 6.45) is 8.80. The number of allylic oxidation sites excluding steroid dienone is 2. The zero-order valence-electron chi connectivity index (χ0n) is 15.3. The van der Waals surface area contributed by atoms with Crippen LogP contribution in [0.4, 0.5) is 0 Å². The third-order valence-corrected chi connectivity index (χ3v) is 3.77. The maximum Gasteiger partial charge on any atom is 0.331 e. The Hall–Kier alpha value is -2.08. The van der Waals surface area contributed by atoms with E-state index in [0.717, 1.165) is 12.8 Å². The molecular weight excluding hydrogens is 298 g/mol. The molecular formula is C21H29NO2. The Balaban J connectivity index is 3.03. The van der Waals surface area contributed by atoms with E-state index < -0.39 is 17.0 Å². The lowest BCUT2D eigenvalue weighted by molar-refractivity contribution is -0.159. The summed E-state index contributed by atoms with van der Waals surface area (Å²) in [5.41, 5.74) is -1.24. The number of rotatable bonds is 8. The van der Waals surface area contributed by atoms with Crippen LogP contribution in [0.3, 0.4) is 0 Å². The predicted molar refractivity (Wildman–Crippen MR) is 97.5 cm³/mol. The molecule has 0 aliphatic carbocycles. The summed E-state index contributed by atoms with van der Waals surface area (Å²) in [5, 5.41) is 9.85. The number of carbonyl (C=O) groups excluding carboxylic acids is 1. The van der Waals surface area contributed by atoms with Gasteiger partial charge in [0.05, 0.1) is 6.07 Å². The lowest BCUT2D eigenvalue weighted by Gasteiger charge is -2.29. The molecule has 1 rings (SSSR count). The second-order valence-electron chi connectivity index (χ2n) is 7.06. The number of benzene rings is 1. The first-order valence-corrected chi connectivity index (χ1v) is 8.71. The zero-order valence-corrected chi connectivity index (χ0v) is 15.3. The van der Waals surface area contributed by atoms with Gasteiger partial charge in [0.2, 0.25) is 0 Å². The highest BCUT2D eigenvalue weighted by molar-refractivity contribution is 5.87. The van der Waals surface area contributed by atoms with Crippen LogP contribution in [0.2, 0.25) is 0 Å². The van der Waals surface area contributed by atoms with Gasteiger partial charge in [-0.2, -0.15) is 5.26 Å². The molecule has 0 spiro atoms. The molecule has 1 atom stereocenters. The van der Waals surface area contributed by atoms with Crippen LogP contribution in [0.15, 0.2) is 42.5 Å². The van der Waals surface area contributed by atoms with Gasteiger partial charge in [0.1, 0.15) is 5.60 Å². The summed E-state index contributed by atoms with van der Waals surface area (Å²) in [5.74, 6) is -0.484. The van der Waals surface area contributed by atoms with Gasteiger partial charge in [-0.3, -0.25) is 0 Å². The molecule has 0 saturated carbocycles. The van der Waals surface area contributed by atoms with Crippen molar-refractivity contribution in [3.63, 3.8) is 0 Å². The number of ether oxygens (including phenoxy) is 1. The van der Waals surface area contributed by atoms with Crippen LogP contribution in [-0.4, -0.2) is 11.6 Å². The van der Waals surface area contributed by atoms with Gasteiger partial charge in [0.25, 0.3) is 0 Å². The first-order chi connectivity index (χ1) is 11.4. The van der Waals surface area contributed by atoms with E-state index in [2.05, 4.69) is 19.1 Å². The minimum Gasteiger partial charge on any atom is -0.459 e. The summed E-state index contributed by atoms with van der Waals surface area (Å²) in [6.45, 7) is 7.62. The summed E-state index contributed by atoms with van der Waals surface area (Å²) < 4.78 is 5.55. The number of nitrogens with zero attached hydrogens (tertiary/aromatic N) is 1. The van der Waals surface area contributed by atoms with Gasteiger partial charge in [-0.05, 0) is 45.6 Å². The fraction of sp³-hybridized carbons (Fsp3) is 0.524. The molecule has 130 valence electrons. The first kappa shape index (κ1) is 20.0. The second kappa shape index (κ2) is 9.27. The Kier molecular flexibility index (Phi) is 7.71. The van der Waals surface area contributed by atoms with Gasteiger partial charge in [0.15, 0.2) is 5.41 Å². The first-order valence-electron chi connectivity index (χ1n) is 8.71. The number of carbonyl (C=O) groups is 1. The van der Waals surface area contributed by atoms with E-state index in [-0.39, 0.29) is 0 Å². The minimum absolute atomic E-state index is 0.328. The Morgan fingerprint density at radius 3 is 2.38 bits per heavy atom. The van der Waals surface area contributed by atoms with E-state index in [9.17, 15) is 10.1 Å². The van der Waals surface area contributed by atoms with Gasteiger partial charge in [-0.15, -0.1) is 0 Å². The lowest BCUT2D eigenvalue weighted by Crippen LogP contribution is -2.40. The third kappa shape index (κ3) is 5.85. The highest BCUT2D eigenvalue weighted by Gasteiger charge is 2.43. The fourth-order valence-corrected chi connectivity index (χ4v) is 2.45. The summed E-state index contributed by atoms with van der Waals surface area (Å²) in [4.78, 5) is 12.8. The number of hydrogen-bond acceptors (Lipinski definition) is 3. The number of unbranched alkanes of at least 4 members (excludes halogenated alkanes) is 3. The van der Waals surface area contributed by atoms with Crippen molar-refractivity contribution in [1.29, 1.82) is 5.26 Å². The minimum atomic E-state index is -1.30. The van der Waals surface area contributed by atoms with Crippen LogP contribution >= 0.6 is 0 Å². The van der Waals surface area contributed by atoms with E-state index >= 15 is 0 Å². The monoisotopic (exact) mass is 327 g/mol. The highest BCUT2D eigenvalue weighted by Crippen LogP contribution is 2.31. The zero-order chi connectivity index (χ0) is 18.1. The molecule has 0 amide bonds. The molecule has 0 N–H and O–H groups in total. The van der Waals surface area contributed by atoms with Crippen molar-refractivity contribution < 1.29 is 9.53 Å². The number of hydrogen-bond donors (Lipinski definition) is 0. The maximum atomic E-state index is 12.8. The maximum absolute atomic E-state index is 12.8. The van der Waals surface area contributed by atoms with Gasteiger partial charge in [-0.25, -0.2) is 4.79 Å². The Morgan fingerprint density at radius 1 is 1.17 bits per heavy atom. The average molecular weight is 327 g/mol. The average Bonchev–Trinajstić information content (AvgIpc) is 2.54. The van der Waals surface area contributed by atoms with Gasteiger partial charge < -0.3 is 4.74 Å². The van der Waals surface area contributed by atoms with Crippen LogP contribution in [-0.2, 0) is 14.9 Å². The molecule has 3 nitrogen and oxygen atoms in total. The smallest absolute Gasteiger partial charge is 0.331 e. The Labute approximate surface area is 146 Å². The molecule has 0 saturated heterocycles. The van der Waals surface area contributed by atoms with E-state index in [1.807, 2.05) is 57.2 Å². The molecule has 3 heteroatoms. The standard InChI is InChI=1S/C21H29NO2/c1-5-6-7-8-9-13-16-21(17-22,18-14-11-10-12-15-18)19(23)24-20(2,3)4/h9-15H,5-8,16H2,1-4H3/b13-9+/t21-/m0/s1. The van der Waals surface area contributed by atoms with Gasteiger partial charge >= 0.3 is 5.97 Å². The van der Waals surface area contributed by atoms with Crippen molar-refractivity contribution >= 4 is 5.97 Å². The second-order valence-corrected chi connectivity index (χ2v) is 7.06. The largest absolute Gasteiger partial charge is 0.459 e. The molecule has 0 fully saturated rings. The van der Waals surface area contributed by atoms with Crippen LogP contribution < -0.4 is 0 Å². The number of nitriles is 1. The molecule has 0 aliphatic rings. The molecule has 24 heavy (non-hydrogen) atoms. The van der Waals surface area contributed by atoms with Crippen molar-refractivity contribution in [1.82, 2.24) is 0 Å². The van der Waals surface area contributed by atoms with Crippen molar-refractivity contribution in [2.24, 2.45) is 0 Å². The normalized spacial score (nSPS) is 14.1.